The summed E-state index contributed by atoms with van der Waals surface area (Å²) < 4.78 is 43.0. The number of hydrogen-bond donors (Lipinski definition) is 1. The number of para-hydroxylation sites is 1. The third-order valence-electron chi connectivity index (χ3n) is 5.75. The Morgan fingerprint density at radius 3 is 2.26 bits per heavy atom. The second kappa shape index (κ2) is 7.31. The van der Waals surface area contributed by atoms with Crippen molar-refractivity contribution in [2.24, 2.45) is 11.1 Å². The molecule has 2 aliphatic rings. The van der Waals surface area contributed by atoms with Crippen molar-refractivity contribution in [2.45, 2.75) is 32.6 Å². The largest absolute Gasteiger partial charge is 0.384 e. The number of nitrogens with two attached hydrogens (primary N) is 1. The maximum atomic E-state index is 14.8. The summed E-state index contributed by atoms with van der Waals surface area (Å²) in [6.07, 6.45) is 0.523. The van der Waals surface area contributed by atoms with Gasteiger partial charge in [0.05, 0.1) is 17.6 Å². The fourth-order valence-electron chi connectivity index (χ4n) is 4.46. The van der Waals surface area contributed by atoms with Gasteiger partial charge in [-0.2, -0.15) is 5.26 Å². The number of anilines is 1. The first-order valence-electron chi connectivity index (χ1n) is 9.80. The summed E-state index contributed by atoms with van der Waals surface area (Å²) in [5.41, 5.74) is 6.54. The van der Waals surface area contributed by atoms with Crippen molar-refractivity contribution in [1.29, 1.82) is 5.26 Å². The lowest BCUT2D eigenvalue weighted by Crippen LogP contribution is -2.42. The summed E-state index contributed by atoms with van der Waals surface area (Å²) in [6, 6.07) is 10.9. The standard InChI is InChI=1S/C24H20F3N3O/c1-24(2)10-18-21(19(31)11-24)20(13-6-8-14(25)9-7-13)15(12-28)23(29)30(18)22-16(26)4-3-5-17(22)27/h3-9,20H,10-11,29H2,1-2H3/t20-/m0/s1. The first-order valence-corrected chi connectivity index (χ1v) is 9.80. The number of carbonyl (C=O) groups excluding carboxylic acids is 1. The summed E-state index contributed by atoms with van der Waals surface area (Å²) in [7, 11) is 0. The Bertz CT molecular complexity index is 1170. The highest BCUT2D eigenvalue weighted by molar-refractivity contribution is 6.01. The molecule has 1 aliphatic carbocycles. The van der Waals surface area contributed by atoms with Crippen molar-refractivity contribution in [3.8, 4) is 6.07 Å². The maximum Gasteiger partial charge on any atom is 0.162 e. The van der Waals surface area contributed by atoms with E-state index in [1.54, 1.807) is 0 Å². The fraction of sp³-hybridized carbons (Fsp3) is 0.250. The van der Waals surface area contributed by atoms with Crippen molar-refractivity contribution in [2.75, 3.05) is 4.90 Å². The number of allylic oxidation sites excluding steroid dienone is 3. The van der Waals surface area contributed by atoms with E-state index in [9.17, 15) is 23.2 Å². The SMILES string of the molecule is CC1(C)CC(=O)C2=C(C1)N(c1c(F)cccc1F)C(N)=C(C#N)[C@@H]2c1ccc(F)cc1. The second-order valence-corrected chi connectivity index (χ2v) is 8.60. The van der Waals surface area contributed by atoms with E-state index in [0.29, 0.717) is 17.7 Å². The van der Waals surface area contributed by atoms with Gasteiger partial charge in [-0.25, -0.2) is 13.2 Å². The van der Waals surface area contributed by atoms with Crippen LogP contribution in [0, 0.1) is 34.2 Å². The van der Waals surface area contributed by atoms with Gasteiger partial charge in [0.1, 0.15) is 29.0 Å². The van der Waals surface area contributed by atoms with Gasteiger partial charge in [-0.15, -0.1) is 0 Å². The molecule has 0 unspecified atom stereocenters. The molecule has 2 aromatic rings. The smallest absolute Gasteiger partial charge is 0.162 e. The molecule has 4 nitrogen and oxygen atoms in total. The zero-order valence-corrected chi connectivity index (χ0v) is 17.0. The Morgan fingerprint density at radius 2 is 1.68 bits per heavy atom. The van der Waals surface area contributed by atoms with Crippen molar-refractivity contribution >= 4 is 11.5 Å². The molecule has 0 aromatic heterocycles. The van der Waals surface area contributed by atoms with Crippen LogP contribution >= 0.6 is 0 Å². The summed E-state index contributed by atoms with van der Waals surface area (Å²) >= 11 is 0. The van der Waals surface area contributed by atoms with Gasteiger partial charge < -0.3 is 5.73 Å². The third-order valence-corrected chi connectivity index (χ3v) is 5.75. The molecule has 7 heteroatoms. The van der Waals surface area contributed by atoms with Crippen LogP contribution in [0.2, 0.25) is 0 Å². The summed E-state index contributed by atoms with van der Waals surface area (Å²) in [5, 5.41) is 9.92. The number of rotatable bonds is 2. The Kier molecular flexibility index (Phi) is 4.89. The Balaban J connectivity index is 2.04. The molecule has 1 aliphatic heterocycles. The van der Waals surface area contributed by atoms with Crippen LogP contribution < -0.4 is 10.6 Å². The summed E-state index contributed by atoms with van der Waals surface area (Å²) in [5.74, 6) is -3.40. The quantitative estimate of drug-likeness (QED) is 0.734. The predicted molar refractivity (Wildman–Crippen MR) is 110 cm³/mol. The van der Waals surface area contributed by atoms with Crippen molar-refractivity contribution in [3.05, 3.63) is 88.1 Å². The fourth-order valence-corrected chi connectivity index (χ4v) is 4.46. The molecule has 0 saturated heterocycles. The maximum absolute atomic E-state index is 14.8. The molecule has 4 rings (SSSR count). The Labute approximate surface area is 178 Å². The van der Waals surface area contributed by atoms with E-state index in [1.807, 2.05) is 19.9 Å². The van der Waals surface area contributed by atoms with Crippen LogP contribution in [0.4, 0.5) is 18.9 Å². The van der Waals surface area contributed by atoms with E-state index in [2.05, 4.69) is 0 Å². The lowest BCUT2D eigenvalue weighted by Gasteiger charge is -2.43. The predicted octanol–water partition coefficient (Wildman–Crippen LogP) is 5.04. The van der Waals surface area contributed by atoms with Crippen LogP contribution in [0.1, 0.15) is 38.2 Å². The molecule has 0 bridgehead atoms. The van der Waals surface area contributed by atoms with E-state index >= 15 is 0 Å². The van der Waals surface area contributed by atoms with Gasteiger partial charge in [-0.05, 0) is 41.7 Å². The second-order valence-electron chi connectivity index (χ2n) is 8.60. The van der Waals surface area contributed by atoms with Gasteiger partial charge in [-0.1, -0.05) is 32.0 Å². The highest BCUT2D eigenvalue weighted by Crippen LogP contribution is 2.50. The van der Waals surface area contributed by atoms with Crippen LogP contribution in [0.3, 0.4) is 0 Å². The lowest BCUT2D eigenvalue weighted by molar-refractivity contribution is -0.118. The van der Waals surface area contributed by atoms with Gasteiger partial charge in [0, 0.05) is 17.7 Å². The Hall–Kier alpha value is -3.53. The van der Waals surface area contributed by atoms with Gasteiger partial charge in [-0.3, -0.25) is 9.69 Å². The molecule has 2 N–H and O–H groups in total. The average molecular weight is 423 g/mol. The van der Waals surface area contributed by atoms with E-state index < -0.39 is 34.5 Å². The summed E-state index contributed by atoms with van der Waals surface area (Å²) in [6.45, 7) is 3.77. The van der Waals surface area contributed by atoms with Crippen LogP contribution in [-0.2, 0) is 4.79 Å². The van der Waals surface area contributed by atoms with E-state index in [1.165, 1.54) is 30.3 Å². The zero-order valence-electron chi connectivity index (χ0n) is 17.0. The number of ketones is 1. The highest BCUT2D eigenvalue weighted by Gasteiger charge is 2.45. The van der Waals surface area contributed by atoms with E-state index in [-0.39, 0.29) is 29.2 Å². The number of nitrogens with zero attached hydrogens (tertiary/aromatic N) is 2. The van der Waals surface area contributed by atoms with Gasteiger partial charge in [0.2, 0.25) is 0 Å². The molecule has 0 amide bonds. The zero-order chi connectivity index (χ0) is 22.5. The van der Waals surface area contributed by atoms with Crippen LogP contribution in [0.5, 0.6) is 0 Å². The number of carbonyl (C=O) groups is 1. The normalized spacial score (nSPS) is 20.6. The number of nitriles is 1. The van der Waals surface area contributed by atoms with Gasteiger partial charge >= 0.3 is 0 Å². The lowest BCUT2D eigenvalue weighted by atomic mass is 9.68. The van der Waals surface area contributed by atoms with Gasteiger partial charge in [0.25, 0.3) is 0 Å². The average Bonchev–Trinajstić information content (AvgIpc) is 2.68. The van der Waals surface area contributed by atoms with E-state index in [4.69, 9.17) is 5.73 Å². The van der Waals surface area contributed by atoms with Crippen molar-refractivity contribution in [1.82, 2.24) is 0 Å². The molecular weight excluding hydrogens is 403 g/mol. The van der Waals surface area contributed by atoms with Crippen molar-refractivity contribution in [3.63, 3.8) is 0 Å². The molecular formula is C24H20F3N3O. The number of benzene rings is 2. The monoisotopic (exact) mass is 423 g/mol. The van der Waals surface area contributed by atoms with Crippen LogP contribution in [0.15, 0.2) is 65.1 Å². The third kappa shape index (κ3) is 3.38. The molecule has 158 valence electrons. The number of hydrogen-bond acceptors (Lipinski definition) is 4. The number of halogens is 3. The minimum Gasteiger partial charge on any atom is -0.384 e. The van der Waals surface area contributed by atoms with Crippen molar-refractivity contribution < 1.29 is 18.0 Å². The minimum absolute atomic E-state index is 0.0129. The van der Waals surface area contributed by atoms with E-state index in [0.717, 1.165) is 17.0 Å². The minimum atomic E-state index is -0.858. The molecule has 0 radical (unpaired) electrons. The highest BCUT2D eigenvalue weighted by atomic mass is 19.1. The number of Topliss-reactive ketones (excluding diaryl/α,β-unsaturated/α-hetero) is 1. The molecule has 1 heterocycles. The molecule has 0 fully saturated rings. The first kappa shape index (κ1) is 20.7. The first-order chi connectivity index (χ1) is 14.6. The molecule has 1 atom stereocenters. The molecule has 2 aromatic carbocycles. The molecule has 0 saturated carbocycles. The topological polar surface area (TPSA) is 70.1 Å². The van der Waals surface area contributed by atoms with Crippen LogP contribution in [0.25, 0.3) is 0 Å². The van der Waals surface area contributed by atoms with Crippen LogP contribution in [-0.4, -0.2) is 5.78 Å². The Morgan fingerprint density at radius 1 is 1.06 bits per heavy atom. The molecule has 0 spiro atoms. The van der Waals surface area contributed by atoms with Gasteiger partial charge in [0.15, 0.2) is 5.78 Å². The molecule has 31 heavy (non-hydrogen) atoms. The summed E-state index contributed by atoms with van der Waals surface area (Å²) in [4.78, 5) is 14.5.